The summed E-state index contributed by atoms with van der Waals surface area (Å²) in [4.78, 5) is 21.9. The molecule has 136 valence electrons. The predicted molar refractivity (Wildman–Crippen MR) is 107 cm³/mol. The number of para-hydroxylation sites is 1. The minimum atomic E-state index is -3.30. The van der Waals surface area contributed by atoms with Crippen molar-refractivity contribution in [3.05, 3.63) is 59.8 Å². The Hall–Kier alpha value is -2.84. The molecule has 4 aromatic rings. The molecule has 0 spiro atoms. The van der Waals surface area contributed by atoms with Crippen molar-refractivity contribution >= 4 is 53.3 Å². The summed E-state index contributed by atoms with van der Waals surface area (Å²) >= 11 is 1.24. The summed E-state index contributed by atoms with van der Waals surface area (Å²) in [6.07, 6.45) is 1.16. The second-order valence-electron chi connectivity index (χ2n) is 6.20. The number of nitrogens with one attached hydrogen (secondary N) is 1. The maximum atomic E-state index is 12.8. The van der Waals surface area contributed by atoms with Gasteiger partial charge in [0.05, 0.1) is 26.2 Å². The van der Waals surface area contributed by atoms with Crippen molar-refractivity contribution in [3.63, 3.8) is 0 Å². The zero-order chi connectivity index (χ0) is 19.2. The molecule has 0 bridgehead atoms. The summed E-state index contributed by atoms with van der Waals surface area (Å²) in [6.45, 7) is 1.84. The Morgan fingerprint density at radius 2 is 1.81 bits per heavy atom. The van der Waals surface area contributed by atoms with Crippen LogP contribution in [0.4, 0.5) is 5.13 Å². The van der Waals surface area contributed by atoms with Crippen LogP contribution in [0, 0.1) is 6.92 Å². The first kappa shape index (κ1) is 17.6. The molecule has 8 heteroatoms. The number of carbonyl (C=O) groups is 1. The van der Waals surface area contributed by atoms with E-state index >= 15 is 0 Å². The number of aromatic nitrogens is 2. The molecular formula is C19H15N3O3S2. The standard InChI is InChI=1S/C19H15N3O3S2/c1-11-9-14(13-5-3-4-6-15(13)20-11)18(23)22-19-21-16-8-7-12(27(2,24)25)10-17(16)26-19/h3-10H,1-2H3,(H,21,22,23). The topological polar surface area (TPSA) is 89.0 Å². The predicted octanol–water partition coefficient (Wildman–Crippen LogP) is 3.81. The third kappa shape index (κ3) is 3.41. The Morgan fingerprint density at radius 1 is 1.04 bits per heavy atom. The smallest absolute Gasteiger partial charge is 0.258 e. The van der Waals surface area contributed by atoms with E-state index in [1.54, 1.807) is 18.2 Å². The molecular weight excluding hydrogens is 382 g/mol. The molecule has 27 heavy (non-hydrogen) atoms. The number of fused-ring (bicyclic) bond motifs is 2. The number of benzene rings is 2. The van der Waals surface area contributed by atoms with Gasteiger partial charge in [-0.15, -0.1) is 0 Å². The number of anilines is 1. The Balaban J connectivity index is 1.71. The molecule has 4 rings (SSSR count). The Morgan fingerprint density at radius 3 is 2.59 bits per heavy atom. The van der Waals surface area contributed by atoms with Crippen LogP contribution in [0.15, 0.2) is 53.4 Å². The maximum absolute atomic E-state index is 12.8. The number of sulfone groups is 1. The molecule has 2 heterocycles. The summed E-state index contributed by atoms with van der Waals surface area (Å²) in [7, 11) is -3.30. The SMILES string of the molecule is Cc1cc(C(=O)Nc2nc3ccc(S(C)(=O)=O)cc3s2)c2ccccc2n1. The molecule has 0 atom stereocenters. The van der Waals surface area contributed by atoms with Crippen molar-refractivity contribution in [1.82, 2.24) is 9.97 Å². The van der Waals surface area contributed by atoms with Gasteiger partial charge in [-0.3, -0.25) is 15.1 Å². The van der Waals surface area contributed by atoms with Crippen LogP contribution >= 0.6 is 11.3 Å². The minimum Gasteiger partial charge on any atom is -0.298 e. The minimum absolute atomic E-state index is 0.229. The lowest BCUT2D eigenvalue weighted by Gasteiger charge is -2.07. The number of nitrogens with zero attached hydrogens (tertiary/aromatic N) is 2. The highest BCUT2D eigenvalue weighted by Gasteiger charge is 2.15. The number of rotatable bonds is 3. The van der Waals surface area contributed by atoms with Crippen LogP contribution in [0.2, 0.25) is 0 Å². The molecule has 1 amide bonds. The fraction of sp³-hybridized carbons (Fsp3) is 0.105. The summed E-state index contributed by atoms with van der Waals surface area (Å²) in [5.41, 5.74) is 2.67. The summed E-state index contributed by atoms with van der Waals surface area (Å²) < 4.78 is 24.1. The van der Waals surface area contributed by atoms with Gasteiger partial charge >= 0.3 is 0 Å². The number of hydrogen-bond donors (Lipinski definition) is 1. The third-order valence-electron chi connectivity index (χ3n) is 4.10. The van der Waals surface area contributed by atoms with E-state index in [0.29, 0.717) is 20.9 Å². The van der Waals surface area contributed by atoms with Crippen LogP contribution in [0.3, 0.4) is 0 Å². The fourth-order valence-electron chi connectivity index (χ4n) is 2.85. The van der Waals surface area contributed by atoms with Gasteiger partial charge in [-0.2, -0.15) is 0 Å². The maximum Gasteiger partial charge on any atom is 0.258 e. The summed E-state index contributed by atoms with van der Waals surface area (Å²) in [5, 5.41) is 4.00. The zero-order valence-corrected chi connectivity index (χ0v) is 16.2. The second kappa shape index (κ2) is 6.40. The van der Waals surface area contributed by atoms with Gasteiger partial charge in [-0.05, 0) is 37.3 Å². The normalized spacial score (nSPS) is 11.8. The van der Waals surface area contributed by atoms with Crippen LogP contribution in [-0.4, -0.2) is 30.5 Å². The van der Waals surface area contributed by atoms with Gasteiger partial charge in [0.15, 0.2) is 15.0 Å². The number of aryl methyl sites for hydroxylation is 1. The van der Waals surface area contributed by atoms with E-state index in [2.05, 4.69) is 15.3 Å². The number of pyridine rings is 1. The summed E-state index contributed by atoms with van der Waals surface area (Å²) in [6, 6.07) is 13.9. The molecule has 2 aromatic carbocycles. The molecule has 0 aliphatic heterocycles. The molecule has 0 saturated heterocycles. The Kier molecular flexibility index (Phi) is 4.16. The van der Waals surface area contributed by atoms with Crippen LogP contribution in [-0.2, 0) is 9.84 Å². The van der Waals surface area contributed by atoms with Crippen LogP contribution < -0.4 is 5.32 Å². The number of carbonyl (C=O) groups excluding carboxylic acids is 1. The van der Waals surface area contributed by atoms with E-state index in [1.807, 2.05) is 31.2 Å². The Bertz CT molecular complexity index is 1310. The molecule has 0 radical (unpaired) electrons. The lowest BCUT2D eigenvalue weighted by Crippen LogP contribution is -2.13. The average molecular weight is 397 g/mol. The van der Waals surface area contributed by atoms with Gasteiger partial charge in [0, 0.05) is 17.3 Å². The van der Waals surface area contributed by atoms with E-state index in [1.165, 1.54) is 17.4 Å². The van der Waals surface area contributed by atoms with E-state index in [9.17, 15) is 13.2 Å². The van der Waals surface area contributed by atoms with Gasteiger partial charge in [-0.25, -0.2) is 13.4 Å². The zero-order valence-electron chi connectivity index (χ0n) is 14.6. The number of hydrogen-bond acceptors (Lipinski definition) is 6. The monoisotopic (exact) mass is 397 g/mol. The first-order valence-electron chi connectivity index (χ1n) is 8.10. The van der Waals surface area contributed by atoms with E-state index in [0.717, 1.165) is 22.9 Å². The largest absolute Gasteiger partial charge is 0.298 e. The average Bonchev–Trinajstić information content (AvgIpc) is 3.01. The highest BCUT2D eigenvalue weighted by atomic mass is 32.2. The molecule has 0 saturated carbocycles. The van der Waals surface area contributed by atoms with Crippen LogP contribution in [0.25, 0.3) is 21.1 Å². The first-order valence-corrected chi connectivity index (χ1v) is 10.8. The van der Waals surface area contributed by atoms with E-state index in [-0.39, 0.29) is 10.8 Å². The van der Waals surface area contributed by atoms with Gasteiger partial charge in [0.2, 0.25) is 0 Å². The molecule has 1 N–H and O–H groups in total. The first-order chi connectivity index (χ1) is 12.8. The lowest BCUT2D eigenvalue weighted by molar-refractivity contribution is 0.102. The Labute approximate surface area is 159 Å². The third-order valence-corrected chi connectivity index (χ3v) is 6.14. The van der Waals surface area contributed by atoms with Crippen molar-refractivity contribution < 1.29 is 13.2 Å². The van der Waals surface area contributed by atoms with Gasteiger partial charge in [0.1, 0.15) is 0 Å². The number of amides is 1. The van der Waals surface area contributed by atoms with Crippen molar-refractivity contribution in [3.8, 4) is 0 Å². The van der Waals surface area contributed by atoms with Crippen molar-refractivity contribution in [2.45, 2.75) is 11.8 Å². The lowest BCUT2D eigenvalue weighted by atomic mass is 10.1. The van der Waals surface area contributed by atoms with Crippen molar-refractivity contribution in [2.24, 2.45) is 0 Å². The summed E-state index contributed by atoms with van der Waals surface area (Å²) in [5.74, 6) is -0.279. The molecule has 0 aliphatic rings. The highest BCUT2D eigenvalue weighted by molar-refractivity contribution is 7.90. The van der Waals surface area contributed by atoms with E-state index in [4.69, 9.17) is 0 Å². The van der Waals surface area contributed by atoms with Gasteiger partial charge in [0.25, 0.3) is 5.91 Å². The molecule has 2 aromatic heterocycles. The van der Waals surface area contributed by atoms with E-state index < -0.39 is 9.84 Å². The fourth-order valence-corrected chi connectivity index (χ4v) is 4.47. The molecule has 6 nitrogen and oxygen atoms in total. The second-order valence-corrected chi connectivity index (χ2v) is 9.25. The highest BCUT2D eigenvalue weighted by Crippen LogP contribution is 2.29. The molecule has 0 aliphatic carbocycles. The van der Waals surface area contributed by atoms with Crippen molar-refractivity contribution in [2.75, 3.05) is 11.6 Å². The van der Waals surface area contributed by atoms with Crippen LogP contribution in [0.5, 0.6) is 0 Å². The van der Waals surface area contributed by atoms with Crippen molar-refractivity contribution in [1.29, 1.82) is 0 Å². The van der Waals surface area contributed by atoms with Gasteiger partial charge in [-0.1, -0.05) is 29.5 Å². The molecule has 0 fully saturated rings. The van der Waals surface area contributed by atoms with Gasteiger partial charge < -0.3 is 0 Å². The van der Waals surface area contributed by atoms with Crippen LogP contribution in [0.1, 0.15) is 16.1 Å². The molecule has 0 unspecified atom stereocenters. The quantitative estimate of drug-likeness (QED) is 0.568. The number of thiazole rings is 1.